The molecular formula is C16H24O2. The van der Waals surface area contributed by atoms with E-state index in [4.69, 9.17) is 4.74 Å². The summed E-state index contributed by atoms with van der Waals surface area (Å²) in [6, 6.07) is 7.90. The fourth-order valence-electron chi connectivity index (χ4n) is 2.68. The molecule has 1 aromatic rings. The number of rotatable bonds is 4. The van der Waals surface area contributed by atoms with E-state index in [0.29, 0.717) is 6.10 Å². The Kier molecular flexibility index (Phi) is 4.65. The zero-order valence-electron chi connectivity index (χ0n) is 11.4. The number of hydrogen-bond donors (Lipinski definition) is 1. The molecular weight excluding hydrogens is 224 g/mol. The van der Waals surface area contributed by atoms with Crippen LogP contribution in [0.4, 0.5) is 0 Å². The van der Waals surface area contributed by atoms with E-state index < -0.39 is 0 Å². The van der Waals surface area contributed by atoms with Crippen molar-refractivity contribution in [3.05, 3.63) is 29.8 Å². The molecule has 0 bridgehead atoms. The Hall–Kier alpha value is -1.02. The average molecular weight is 248 g/mol. The largest absolute Gasteiger partial charge is 0.490 e. The lowest BCUT2D eigenvalue weighted by Crippen LogP contribution is -2.24. The molecule has 3 unspecified atom stereocenters. The minimum atomic E-state index is -0.353. The van der Waals surface area contributed by atoms with Crippen molar-refractivity contribution >= 4 is 0 Å². The topological polar surface area (TPSA) is 29.5 Å². The predicted octanol–water partition coefficient (Wildman–Crippen LogP) is 4.09. The van der Waals surface area contributed by atoms with Gasteiger partial charge < -0.3 is 9.84 Å². The summed E-state index contributed by atoms with van der Waals surface area (Å²) in [6.07, 6.45) is 5.72. The average Bonchev–Trinajstić information content (AvgIpc) is 2.39. The minimum absolute atomic E-state index is 0.353. The van der Waals surface area contributed by atoms with Crippen LogP contribution in [0.2, 0.25) is 0 Å². The highest BCUT2D eigenvalue weighted by Crippen LogP contribution is 2.28. The van der Waals surface area contributed by atoms with Crippen molar-refractivity contribution in [2.24, 2.45) is 5.92 Å². The second-order valence-electron chi connectivity index (χ2n) is 5.50. The summed E-state index contributed by atoms with van der Waals surface area (Å²) in [7, 11) is 0. The van der Waals surface area contributed by atoms with Crippen LogP contribution >= 0.6 is 0 Å². The molecule has 1 aliphatic carbocycles. The van der Waals surface area contributed by atoms with Crippen LogP contribution in [0.15, 0.2) is 24.3 Å². The standard InChI is InChI=1S/C16H24O2/c1-3-16(17)13-7-9-14(10-8-13)18-15-6-4-5-12(2)11-15/h7-10,12,15-17H,3-6,11H2,1-2H3. The third kappa shape index (κ3) is 3.49. The first-order valence-corrected chi connectivity index (χ1v) is 7.13. The molecule has 2 heteroatoms. The van der Waals surface area contributed by atoms with Gasteiger partial charge in [0.25, 0.3) is 0 Å². The Morgan fingerprint density at radius 1 is 1.28 bits per heavy atom. The molecule has 0 spiro atoms. The molecule has 2 rings (SSSR count). The first kappa shape index (κ1) is 13.4. The van der Waals surface area contributed by atoms with Crippen molar-refractivity contribution in [1.29, 1.82) is 0 Å². The summed E-state index contributed by atoms with van der Waals surface area (Å²) in [5.74, 6) is 1.71. The molecule has 100 valence electrons. The molecule has 0 radical (unpaired) electrons. The monoisotopic (exact) mass is 248 g/mol. The Morgan fingerprint density at radius 3 is 2.61 bits per heavy atom. The molecule has 0 saturated heterocycles. The summed E-state index contributed by atoms with van der Waals surface area (Å²) in [5.41, 5.74) is 0.974. The van der Waals surface area contributed by atoms with Crippen LogP contribution in [0.25, 0.3) is 0 Å². The van der Waals surface area contributed by atoms with Gasteiger partial charge in [-0.25, -0.2) is 0 Å². The van der Waals surface area contributed by atoms with E-state index in [1.807, 2.05) is 31.2 Å². The van der Waals surface area contributed by atoms with Crippen molar-refractivity contribution in [1.82, 2.24) is 0 Å². The maximum absolute atomic E-state index is 9.74. The molecule has 1 fully saturated rings. The normalized spacial score (nSPS) is 25.7. The third-order valence-electron chi connectivity index (χ3n) is 3.84. The van der Waals surface area contributed by atoms with Crippen molar-refractivity contribution in [2.75, 3.05) is 0 Å². The van der Waals surface area contributed by atoms with Crippen LogP contribution in [-0.2, 0) is 0 Å². The van der Waals surface area contributed by atoms with Gasteiger partial charge in [-0.2, -0.15) is 0 Å². The highest BCUT2D eigenvalue weighted by Gasteiger charge is 2.20. The van der Waals surface area contributed by atoms with Gasteiger partial charge in [0.2, 0.25) is 0 Å². The van der Waals surface area contributed by atoms with Crippen molar-refractivity contribution < 1.29 is 9.84 Å². The number of benzene rings is 1. The molecule has 1 saturated carbocycles. The van der Waals surface area contributed by atoms with E-state index in [1.54, 1.807) is 0 Å². The molecule has 0 amide bonds. The van der Waals surface area contributed by atoms with E-state index in [0.717, 1.165) is 23.7 Å². The highest BCUT2D eigenvalue weighted by molar-refractivity contribution is 5.28. The van der Waals surface area contributed by atoms with E-state index in [9.17, 15) is 5.11 Å². The van der Waals surface area contributed by atoms with E-state index in [-0.39, 0.29) is 6.10 Å². The fourth-order valence-corrected chi connectivity index (χ4v) is 2.68. The van der Waals surface area contributed by atoms with Gasteiger partial charge >= 0.3 is 0 Å². The summed E-state index contributed by atoms with van der Waals surface area (Å²) in [4.78, 5) is 0. The van der Waals surface area contributed by atoms with E-state index >= 15 is 0 Å². The van der Waals surface area contributed by atoms with Crippen LogP contribution in [-0.4, -0.2) is 11.2 Å². The Morgan fingerprint density at radius 2 is 2.00 bits per heavy atom. The smallest absolute Gasteiger partial charge is 0.119 e. The number of ether oxygens (including phenoxy) is 1. The Balaban J connectivity index is 1.93. The van der Waals surface area contributed by atoms with Gasteiger partial charge in [0.1, 0.15) is 5.75 Å². The summed E-state index contributed by atoms with van der Waals surface area (Å²) in [5, 5.41) is 9.74. The summed E-state index contributed by atoms with van der Waals surface area (Å²) < 4.78 is 6.01. The van der Waals surface area contributed by atoms with Crippen LogP contribution < -0.4 is 4.74 Å². The summed E-state index contributed by atoms with van der Waals surface area (Å²) >= 11 is 0. The van der Waals surface area contributed by atoms with Crippen molar-refractivity contribution in [2.45, 2.75) is 58.2 Å². The molecule has 0 aromatic heterocycles. The van der Waals surface area contributed by atoms with Crippen LogP contribution in [0.1, 0.15) is 57.6 Å². The number of aliphatic hydroxyl groups excluding tert-OH is 1. The molecule has 2 nitrogen and oxygen atoms in total. The van der Waals surface area contributed by atoms with Gasteiger partial charge in [-0.05, 0) is 49.3 Å². The SMILES string of the molecule is CCC(O)c1ccc(OC2CCCC(C)C2)cc1. The molecule has 1 aliphatic rings. The van der Waals surface area contributed by atoms with Crippen molar-refractivity contribution in [3.63, 3.8) is 0 Å². The zero-order valence-corrected chi connectivity index (χ0v) is 11.4. The third-order valence-corrected chi connectivity index (χ3v) is 3.84. The van der Waals surface area contributed by atoms with E-state index in [1.165, 1.54) is 25.7 Å². The molecule has 1 N–H and O–H groups in total. The van der Waals surface area contributed by atoms with E-state index in [2.05, 4.69) is 6.92 Å². The van der Waals surface area contributed by atoms with Gasteiger partial charge in [-0.1, -0.05) is 32.4 Å². The van der Waals surface area contributed by atoms with Crippen LogP contribution in [0.3, 0.4) is 0 Å². The fraction of sp³-hybridized carbons (Fsp3) is 0.625. The Bertz CT molecular complexity index is 358. The lowest BCUT2D eigenvalue weighted by molar-refractivity contribution is 0.129. The Labute approximate surface area is 110 Å². The highest BCUT2D eigenvalue weighted by atomic mass is 16.5. The van der Waals surface area contributed by atoms with Gasteiger partial charge in [0.05, 0.1) is 12.2 Å². The molecule has 0 aliphatic heterocycles. The lowest BCUT2D eigenvalue weighted by atomic mass is 9.89. The minimum Gasteiger partial charge on any atom is -0.490 e. The molecule has 3 atom stereocenters. The maximum atomic E-state index is 9.74. The van der Waals surface area contributed by atoms with Gasteiger partial charge in [0, 0.05) is 0 Å². The van der Waals surface area contributed by atoms with Gasteiger partial charge in [0.15, 0.2) is 0 Å². The molecule has 18 heavy (non-hydrogen) atoms. The second-order valence-corrected chi connectivity index (χ2v) is 5.50. The second kappa shape index (κ2) is 6.24. The van der Waals surface area contributed by atoms with Gasteiger partial charge in [-0.15, -0.1) is 0 Å². The first-order chi connectivity index (χ1) is 8.69. The maximum Gasteiger partial charge on any atom is 0.119 e. The lowest BCUT2D eigenvalue weighted by Gasteiger charge is -2.27. The predicted molar refractivity (Wildman–Crippen MR) is 73.7 cm³/mol. The molecule has 0 heterocycles. The summed E-state index contributed by atoms with van der Waals surface area (Å²) in [6.45, 7) is 4.29. The van der Waals surface area contributed by atoms with Gasteiger partial charge in [-0.3, -0.25) is 0 Å². The van der Waals surface area contributed by atoms with Crippen LogP contribution in [0.5, 0.6) is 5.75 Å². The first-order valence-electron chi connectivity index (χ1n) is 7.13. The molecule has 1 aromatic carbocycles. The van der Waals surface area contributed by atoms with Crippen molar-refractivity contribution in [3.8, 4) is 5.75 Å². The zero-order chi connectivity index (χ0) is 13.0. The quantitative estimate of drug-likeness (QED) is 0.869. The number of hydrogen-bond acceptors (Lipinski definition) is 2. The number of aliphatic hydroxyl groups is 1. The van der Waals surface area contributed by atoms with Crippen LogP contribution in [0, 0.1) is 5.92 Å².